The van der Waals surface area contributed by atoms with Gasteiger partial charge >= 0.3 is 0 Å². The maximum absolute atomic E-state index is 3.49. The molecular weight excluding hydrogens is 222 g/mol. The van der Waals surface area contributed by atoms with E-state index in [2.05, 4.69) is 42.1 Å². The van der Waals surface area contributed by atoms with Gasteiger partial charge in [-0.25, -0.2) is 0 Å². The monoisotopic (exact) mass is 237 g/mol. The number of thiophene rings is 2. The molecule has 0 spiro atoms. The van der Waals surface area contributed by atoms with E-state index in [0.29, 0.717) is 0 Å². The average molecular weight is 237 g/mol. The highest BCUT2D eigenvalue weighted by Crippen LogP contribution is 2.17. The Hall–Kier alpha value is -0.640. The lowest BCUT2D eigenvalue weighted by molar-refractivity contribution is 0.704. The smallest absolute Gasteiger partial charge is 0.0305 e. The maximum atomic E-state index is 3.49. The Labute approximate surface area is 98.8 Å². The normalized spacial score (nSPS) is 10.8. The van der Waals surface area contributed by atoms with Gasteiger partial charge < -0.3 is 5.32 Å². The van der Waals surface area contributed by atoms with Crippen molar-refractivity contribution in [2.75, 3.05) is 0 Å². The van der Waals surface area contributed by atoms with Crippen LogP contribution in [-0.2, 0) is 13.1 Å². The molecule has 0 aliphatic rings. The van der Waals surface area contributed by atoms with Crippen molar-refractivity contribution in [3.05, 3.63) is 43.8 Å². The van der Waals surface area contributed by atoms with Crippen LogP contribution in [0, 0.1) is 13.8 Å². The molecule has 1 N–H and O–H groups in total. The molecule has 0 saturated carbocycles. The Bertz CT molecular complexity index is 388. The molecule has 2 aromatic heterocycles. The summed E-state index contributed by atoms with van der Waals surface area (Å²) in [5, 5.41) is 7.80. The molecule has 15 heavy (non-hydrogen) atoms. The molecule has 0 radical (unpaired) electrons. The number of hydrogen-bond acceptors (Lipinski definition) is 3. The van der Waals surface area contributed by atoms with Crippen LogP contribution in [0.1, 0.15) is 20.9 Å². The van der Waals surface area contributed by atoms with E-state index in [4.69, 9.17) is 0 Å². The predicted molar refractivity (Wildman–Crippen MR) is 68.7 cm³/mol. The van der Waals surface area contributed by atoms with Crippen molar-refractivity contribution in [3.8, 4) is 0 Å². The molecule has 3 heteroatoms. The van der Waals surface area contributed by atoms with Crippen molar-refractivity contribution in [2.45, 2.75) is 26.9 Å². The van der Waals surface area contributed by atoms with Crippen LogP contribution in [0.25, 0.3) is 0 Å². The molecule has 1 nitrogen and oxygen atoms in total. The molecule has 0 fully saturated rings. The topological polar surface area (TPSA) is 12.0 Å². The summed E-state index contributed by atoms with van der Waals surface area (Å²) in [6.07, 6.45) is 0. The molecule has 0 bridgehead atoms. The fourth-order valence-electron chi connectivity index (χ4n) is 1.46. The number of aryl methyl sites for hydroxylation is 2. The SMILES string of the molecule is Cc1ccsc1CNCc1sccc1C. The Kier molecular flexibility index (Phi) is 3.57. The summed E-state index contributed by atoms with van der Waals surface area (Å²) in [5.74, 6) is 0. The van der Waals surface area contributed by atoms with Crippen molar-refractivity contribution < 1.29 is 0 Å². The van der Waals surface area contributed by atoms with Crippen molar-refractivity contribution in [1.82, 2.24) is 5.32 Å². The van der Waals surface area contributed by atoms with Crippen LogP contribution in [0.15, 0.2) is 22.9 Å². The van der Waals surface area contributed by atoms with Crippen molar-refractivity contribution in [2.24, 2.45) is 0 Å². The Morgan fingerprint density at radius 3 is 1.73 bits per heavy atom. The van der Waals surface area contributed by atoms with Gasteiger partial charge in [-0.2, -0.15) is 0 Å². The summed E-state index contributed by atoms with van der Waals surface area (Å²) in [6, 6.07) is 4.36. The fraction of sp³-hybridized carbons (Fsp3) is 0.333. The highest BCUT2D eigenvalue weighted by molar-refractivity contribution is 7.10. The summed E-state index contributed by atoms with van der Waals surface area (Å²) in [6.45, 7) is 6.31. The summed E-state index contributed by atoms with van der Waals surface area (Å²) >= 11 is 3.66. The van der Waals surface area contributed by atoms with E-state index in [0.717, 1.165) is 13.1 Å². The van der Waals surface area contributed by atoms with Gasteiger partial charge in [0.25, 0.3) is 0 Å². The molecule has 80 valence electrons. The third kappa shape index (κ3) is 2.68. The van der Waals surface area contributed by atoms with Crippen LogP contribution in [0.4, 0.5) is 0 Å². The average Bonchev–Trinajstić information content (AvgIpc) is 2.78. The van der Waals surface area contributed by atoms with Crippen molar-refractivity contribution in [1.29, 1.82) is 0 Å². The molecular formula is C12H15NS2. The fourth-order valence-corrected chi connectivity index (χ4v) is 3.21. The largest absolute Gasteiger partial charge is 0.307 e. The second-order valence-corrected chi connectivity index (χ2v) is 5.66. The van der Waals surface area contributed by atoms with Gasteiger partial charge in [0.2, 0.25) is 0 Å². The number of hydrogen-bond donors (Lipinski definition) is 1. The zero-order valence-electron chi connectivity index (χ0n) is 9.04. The third-order valence-electron chi connectivity index (χ3n) is 2.51. The van der Waals surface area contributed by atoms with Gasteiger partial charge in [0.1, 0.15) is 0 Å². The van der Waals surface area contributed by atoms with Crippen LogP contribution in [0.3, 0.4) is 0 Å². The molecule has 0 aliphatic carbocycles. The summed E-state index contributed by atoms with van der Waals surface area (Å²) < 4.78 is 0. The first-order valence-corrected chi connectivity index (χ1v) is 6.80. The van der Waals surface area contributed by atoms with Crippen LogP contribution in [-0.4, -0.2) is 0 Å². The van der Waals surface area contributed by atoms with Crippen molar-refractivity contribution >= 4 is 22.7 Å². The predicted octanol–water partition coefficient (Wildman–Crippen LogP) is 3.72. The standard InChI is InChI=1S/C12H15NS2/c1-9-3-5-14-11(9)7-13-8-12-10(2)4-6-15-12/h3-6,13H,7-8H2,1-2H3. The first-order valence-electron chi connectivity index (χ1n) is 5.04. The first kappa shape index (κ1) is 10.9. The zero-order valence-corrected chi connectivity index (χ0v) is 10.7. The van der Waals surface area contributed by atoms with E-state index in [-0.39, 0.29) is 0 Å². The first-order chi connectivity index (χ1) is 7.27. The number of rotatable bonds is 4. The Balaban J connectivity index is 1.86. The van der Waals surface area contributed by atoms with E-state index >= 15 is 0 Å². The third-order valence-corrected chi connectivity index (χ3v) is 4.55. The van der Waals surface area contributed by atoms with Gasteiger partial charge in [-0.15, -0.1) is 22.7 Å². The molecule has 0 unspecified atom stereocenters. The lowest BCUT2D eigenvalue weighted by atomic mass is 10.2. The minimum absolute atomic E-state index is 0.987. The van der Waals surface area contributed by atoms with E-state index in [9.17, 15) is 0 Å². The molecule has 2 rings (SSSR count). The minimum atomic E-state index is 0.987. The van der Waals surface area contributed by atoms with Gasteiger partial charge in [-0.1, -0.05) is 0 Å². The van der Waals surface area contributed by atoms with Gasteiger partial charge in [0.05, 0.1) is 0 Å². The van der Waals surface area contributed by atoms with E-state index < -0.39 is 0 Å². The summed E-state index contributed by atoms with van der Waals surface area (Å²) in [7, 11) is 0. The molecule has 0 saturated heterocycles. The number of nitrogens with one attached hydrogen (secondary N) is 1. The van der Waals surface area contributed by atoms with Crippen molar-refractivity contribution in [3.63, 3.8) is 0 Å². The van der Waals surface area contributed by atoms with Crippen LogP contribution < -0.4 is 5.32 Å². The highest BCUT2D eigenvalue weighted by Gasteiger charge is 2.01. The van der Waals surface area contributed by atoms with Gasteiger partial charge in [0.15, 0.2) is 0 Å². The Morgan fingerprint density at radius 1 is 0.933 bits per heavy atom. The van der Waals surface area contributed by atoms with E-state index in [1.54, 1.807) is 0 Å². The van der Waals surface area contributed by atoms with Gasteiger partial charge in [0, 0.05) is 22.8 Å². The molecule has 0 amide bonds. The zero-order chi connectivity index (χ0) is 10.7. The second kappa shape index (κ2) is 4.92. The van der Waals surface area contributed by atoms with Gasteiger partial charge in [-0.3, -0.25) is 0 Å². The van der Waals surface area contributed by atoms with Crippen LogP contribution in [0.5, 0.6) is 0 Å². The molecule has 2 heterocycles. The molecule has 0 atom stereocenters. The molecule has 0 aliphatic heterocycles. The quantitative estimate of drug-likeness (QED) is 0.854. The summed E-state index contributed by atoms with van der Waals surface area (Å²) in [5.41, 5.74) is 2.80. The van der Waals surface area contributed by atoms with E-state index in [1.807, 2.05) is 22.7 Å². The Morgan fingerprint density at radius 2 is 1.40 bits per heavy atom. The lowest BCUT2D eigenvalue weighted by Gasteiger charge is -2.03. The van der Waals surface area contributed by atoms with Crippen LogP contribution >= 0.6 is 22.7 Å². The molecule has 0 aromatic carbocycles. The lowest BCUT2D eigenvalue weighted by Crippen LogP contribution is -2.11. The highest BCUT2D eigenvalue weighted by atomic mass is 32.1. The van der Waals surface area contributed by atoms with E-state index in [1.165, 1.54) is 20.9 Å². The molecule has 2 aromatic rings. The maximum Gasteiger partial charge on any atom is 0.0305 e. The van der Waals surface area contributed by atoms with Crippen LogP contribution in [0.2, 0.25) is 0 Å². The second-order valence-electron chi connectivity index (χ2n) is 3.66. The van der Waals surface area contributed by atoms with Gasteiger partial charge in [-0.05, 0) is 47.9 Å². The minimum Gasteiger partial charge on any atom is -0.307 e. The summed E-state index contributed by atoms with van der Waals surface area (Å²) in [4.78, 5) is 2.90.